The number of nitrogens with zero attached hydrogens (tertiary/aromatic N) is 1. The number of ether oxygens (including phenoxy) is 1. The van der Waals surface area contributed by atoms with Crippen molar-refractivity contribution in [2.45, 2.75) is 19.4 Å². The summed E-state index contributed by atoms with van der Waals surface area (Å²) in [5, 5.41) is 11.9. The van der Waals surface area contributed by atoms with Gasteiger partial charge in [0.2, 0.25) is 0 Å². The number of ketones is 1. The van der Waals surface area contributed by atoms with Crippen LogP contribution in [0.3, 0.4) is 0 Å². The zero-order valence-corrected chi connectivity index (χ0v) is 16.6. The van der Waals surface area contributed by atoms with Crippen LogP contribution in [0, 0.1) is 5.82 Å². The van der Waals surface area contributed by atoms with Gasteiger partial charge in [-0.05, 0) is 30.7 Å². The number of benzene rings is 2. The van der Waals surface area contributed by atoms with E-state index in [0.717, 1.165) is 17.0 Å². The third kappa shape index (κ3) is 3.03. The minimum atomic E-state index is -0.803. The van der Waals surface area contributed by atoms with Crippen LogP contribution >= 0.6 is 0 Å². The maximum Gasteiger partial charge on any atom is 0.295 e. The molecule has 0 saturated carbocycles. The summed E-state index contributed by atoms with van der Waals surface area (Å²) in [7, 11) is 1.39. The molecule has 4 rings (SSSR count). The Balaban J connectivity index is 1.99. The summed E-state index contributed by atoms with van der Waals surface area (Å²) in [5.74, 6) is -2.35. The third-order valence-electron chi connectivity index (χ3n) is 5.34. The first-order valence-corrected chi connectivity index (χ1v) is 9.66. The van der Waals surface area contributed by atoms with E-state index < -0.39 is 29.3 Å². The second kappa shape index (κ2) is 7.67. The number of aliphatic hydroxyl groups excluding tert-OH is 1. The molecule has 1 saturated heterocycles. The van der Waals surface area contributed by atoms with Crippen molar-refractivity contribution in [3.05, 3.63) is 71.2 Å². The van der Waals surface area contributed by atoms with Crippen LogP contribution in [0.1, 0.15) is 30.5 Å². The molecule has 1 amide bonds. The van der Waals surface area contributed by atoms with Gasteiger partial charge >= 0.3 is 0 Å². The molecule has 1 aliphatic heterocycles. The number of H-pyrrole nitrogens is 1. The van der Waals surface area contributed by atoms with E-state index in [1.54, 1.807) is 6.20 Å². The van der Waals surface area contributed by atoms with Gasteiger partial charge in [-0.2, -0.15) is 0 Å². The van der Waals surface area contributed by atoms with Gasteiger partial charge in [-0.3, -0.25) is 9.59 Å². The highest BCUT2D eigenvalue weighted by Gasteiger charge is 2.46. The first kappa shape index (κ1) is 19.7. The molecule has 3 aromatic rings. The largest absolute Gasteiger partial charge is 0.507 e. The number of Topliss-reactive ketones (excluding diaryl/α,β-unsaturated/α-hetero) is 1. The number of halogens is 1. The van der Waals surface area contributed by atoms with Crippen molar-refractivity contribution in [2.24, 2.45) is 0 Å². The van der Waals surface area contributed by atoms with E-state index in [1.165, 1.54) is 24.1 Å². The third-order valence-corrected chi connectivity index (χ3v) is 5.34. The van der Waals surface area contributed by atoms with Crippen molar-refractivity contribution in [3.8, 4) is 5.75 Å². The molecule has 30 heavy (non-hydrogen) atoms. The lowest BCUT2D eigenvalue weighted by atomic mass is 9.94. The van der Waals surface area contributed by atoms with E-state index in [4.69, 9.17) is 4.74 Å². The minimum Gasteiger partial charge on any atom is -0.507 e. The van der Waals surface area contributed by atoms with Gasteiger partial charge in [-0.15, -0.1) is 0 Å². The van der Waals surface area contributed by atoms with E-state index in [0.29, 0.717) is 18.5 Å². The van der Waals surface area contributed by atoms with Crippen LogP contribution in [0.2, 0.25) is 0 Å². The van der Waals surface area contributed by atoms with Gasteiger partial charge in [0.25, 0.3) is 11.7 Å². The van der Waals surface area contributed by atoms with Crippen LogP contribution in [-0.4, -0.2) is 40.3 Å². The fourth-order valence-corrected chi connectivity index (χ4v) is 4.01. The molecule has 1 fully saturated rings. The number of para-hydroxylation sites is 1. The van der Waals surface area contributed by atoms with E-state index >= 15 is 0 Å². The Bertz CT molecular complexity index is 1180. The number of carbonyl (C=O) groups excluding carboxylic acids is 2. The molecular weight excluding hydrogens is 387 g/mol. The van der Waals surface area contributed by atoms with Crippen LogP contribution in [-0.2, 0) is 9.59 Å². The van der Waals surface area contributed by atoms with Crippen molar-refractivity contribution >= 4 is 28.4 Å². The smallest absolute Gasteiger partial charge is 0.295 e. The molecule has 1 aliphatic rings. The van der Waals surface area contributed by atoms with E-state index in [1.807, 2.05) is 31.2 Å². The normalized spacial score (nSPS) is 18.4. The van der Waals surface area contributed by atoms with Gasteiger partial charge in [-0.1, -0.05) is 25.1 Å². The van der Waals surface area contributed by atoms with Crippen LogP contribution in [0.15, 0.2) is 54.2 Å². The number of carbonyl (C=O) groups is 2. The topological polar surface area (TPSA) is 82.6 Å². The molecule has 0 aliphatic carbocycles. The van der Waals surface area contributed by atoms with Gasteiger partial charge in [-0.25, -0.2) is 4.39 Å². The molecule has 2 aromatic carbocycles. The molecule has 6 nitrogen and oxygen atoms in total. The molecule has 1 unspecified atom stereocenters. The lowest BCUT2D eigenvalue weighted by molar-refractivity contribution is -0.139. The van der Waals surface area contributed by atoms with Gasteiger partial charge in [0.15, 0.2) is 0 Å². The molecule has 7 heteroatoms. The summed E-state index contributed by atoms with van der Waals surface area (Å²) in [5.41, 5.74) is 1.48. The second-order valence-corrected chi connectivity index (χ2v) is 7.13. The fourth-order valence-electron chi connectivity index (χ4n) is 4.01. The summed E-state index contributed by atoms with van der Waals surface area (Å²) < 4.78 is 19.2. The number of aromatic nitrogens is 1. The summed E-state index contributed by atoms with van der Waals surface area (Å²) in [6.07, 6.45) is 2.37. The van der Waals surface area contributed by atoms with E-state index in [2.05, 4.69) is 4.98 Å². The maximum absolute atomic E-state index is 13.9. The number of aliphatic hydroxyl groups is 1. The summed E-state index contributed by atoms with van der Waals surface area (Å²) in [4.78, 5) is 30.4. The van der Waals surface area contributed by atoms with Crippen LogP contribution in [0.25, 0.3) is 16.7 Å². The number of rotatable bonds is 5. The standard InChI is InChI=1S/C23H21FN2O4/c1-3-10-26-20(16-12-25-17-7-5-4-6-14(16)17)19(22(28)23(26)29)21(27)15-11-13(24)8-9-18(15)30-2/h4-9,11-12,20,25,27H,3,10H2,1-2H3/b21-19+. The minimum absolute atomic E-state index is 0.0249. The molecule has 1 atom stereocenters. The second-order valence-electron chi connectivity index (χ2n) is 7.13. The predicted octanol–water partition coefficient (Wildman–Crippen LogP) is 4.15. The van der Waals surface area contributed by atoms with Gasteiger partial charge < -0.3 is 19.7 Å². The van der Waals surface area contributed by atoms with E-state index in [9.17, 15) is 19.1 Å². The Hall–Kier alpha value is -3.61. The lowest BCUT2D eigenvalue weighted by Crippen LogP contribution is -2.30. The Morgan fingerprint density at radius 3 is 2.73 bits per heavy atom. The Morgan fingerprint density at radius 1 is 1.23 bits per heavy atom. The molecule has 2 heterocycles. The highest BCUT2D eigenvalue weighted by molar-refractivity contribution is 6.46. The number of hydrogen-bond acceptors (Lipinski definition) is 4. The number of methoxy groups -OCH3 is 1. The molecule has 154 valence electrons. The number of likely N-dealkylation sites (tertiary alicyclic amines) is 1. The average molecular weight is 408 g/mol. The zero-order chi connectivity index (χ0) is 21.4. The fraction of sp³-hybridized carbons (Fsp3) is 0.217. The van der Waals surface area contributed by atoms with Crippen LogP contribution in [0.4, 0.5) is 4.39 Å². The highest BCUT2D eigenvalue weighted by Crippen LogP contribution is 2.43. The number of nitrogens with one attached hydrogen (secondary N) is 1. The number of fused-ring (bicyclic) bond motifs is 1. The first-order valence-electron chi connectivity index (χ1n) is 9.66. The highest BCUT2D eigenvalue weighted by atomic mass is 19.1. The quantitative estimate of drug-likeness (QED) is 0.378. The number of amides is 1. The molecular formula is C23H21FN2O4. The molecule has 2 N–H and O–H groups in total. The van der Waals surface area contributed by atoms with Crippen molar-refractivity contribution in [1.29, 1.82) is 0 Å². The van der Waals surface area contributed by atoms with Crippen molar-refractivity contribution in [1.82, 2.24) is 9.88 Å². The van der Waals surface area contributed by atoms with Crippen LogP contribution < -0.4 is 4.74 Å². The number of hydrogen-bond donors (Lipinski definition) is 2. The monoisotopic (exact) mass is 408 g/mol. The molecule has 0 bridgehead atoms. The Morgan fingerprint density at radius 2 is 2.00 bits per heavy atom. The van der Waals surface area contributed by atoms with Gasteiger partial charge in [0.1, 0.15) is 17.3 Å². The SMILES string of the molecule is CCCN1C(=O)C(=O)/C(=C(/O)c2cc(F)ccc2OC)C1c1c[nH]c2ccccc12. The summed E-state index contributed by atoms with van der Waals surface area (Å²) in [6, 6.07) is 10.4. The molecule has 0 spiro atoms. The lowest BCUT2D eigenvalue weighted by Gasteiger charge is -2.24. The van der Waals surface area contributed by atoms with Gasteiger partial charge in [0, 0.05) is 29.2 Å². The number of aromatic amines is 1. The maximum atomic E-state index is 13.9. The average Bonchev–Trinajstić information content (AvgIpc) is 3.28. The molecule has 0 radical (unpaired) electrons. The van der Waals surface area contributed by atoms with Crippen molar-refractivity contribution in [3.63, 3.8) is 0 Å². The van der Waals surface area contributed by atoms with Crippen LogP contribution in [0.5, 0.6) is 5.75 Å². The van der Waals surface area contributed by atoms with Crippen molar-refractivity contribution < 1.29 is 23.8 Å². The summed E-state index contributed by atoms with van der Waals surface area (Å²) >= 11 is 0. The Labute approximate surface area is 172 Å². The van der Waals surface area contributed by atoms with E-state index in [-0.39, 0.29) is 16.9 Å². The Kier molecular flexibility index (Phi) is 5.03. The molecule has 1 aromatic heterocycles. The predicted molar refractivity (Wildman–Crippen MR) is 111 cm³/mol. The van der Waals surface area contributed by atoms with Crippen molar-refractivity contribution in [2.75, 3.05) is 13.7 Å². The van der Waals surface area contributed by atoms with Gasteiger partial charge in [0.05, 0.1) is 24.3 Å². The first-order chi connectivity index (χ1) is 14.5. The summed E-state index contributed by atoms with van der Waals surface area (Å²) in [6.45, 7) is 2.24. The zero-order valence-electron chi connectivity index (χ0n) is 16.6.